The highest BCUT2D eigenvalue weighted by Gasteiger charge is 2.26. The van der Waals surface area contributed by atoms with Crippen molar-refractivity contribution in [3.05, 3.63) is 0 Å². The summed E-state index contributed by atoms with van der Waals surface area (Å²) in [7, 11) is 0. The average molecular weight is 468 g/mol. The Bertz CT molecular complexity index is 559. The number of hydrogen-bond donors (Lipinski definition) is 0. The minimum atomic E-state index is -0.0732. The van der Waals surface area contributed by atoms with Crippen molar-refractivity contribution in [1.29, 1.82) is 0 Å². The Morgan fingerprint density at radius 2 is 1.30 bits per heavy atom. The zero-order valence-electron chi connectivity index (χ0n) is 22.8. The molecule has 1 fully saturated rings. The van der Waals surface area contributed by atoms with Gasteiger partial charge in [-0.3, -0.25) is 14.5 Å². The maximum atomic E-state index is 12.4. The molecule has 0 saturated heterocycles. The van der Waals surface area contributed by atoms with Gasteiger partial charge in [0.05, 0.1) is 19.6 Å². The number of hydrogen-bond acceptors (Lipinski definition) is 5. The molecule has 1 saturated carbocycles. The molecule has 5 nitrogen and oxygen atoms in total. The number of esters is 2. The minimum absolute atomic E-state index is 0.0719. The lowest BCUT2D eigenvalue weighted by Gasteiger charge is -2.38. The van der Waals surface area contributed by atoms with Crippen molar-refractivity contribution < 1.29 is 19.1 Å². The van der Waals surface area contributed by atoms with Crippen LogP contribution in [-0.4, -0.2) is 48.7 Å². The monoisotopic (exact) mass is 467 g/mol. The molecule has 0 aliphatic heterocycles. The van der Waals surface area contributed by atoms with Gasteiger partial charge >= 0.3 is 11.9 Å². The topological polar surface area (TPSA) is 55.8 Å². The van der Waals surface area contributed by atoms with Crippen molar-refractivity contribution >= 4 is 11.9 Å². The summed E-state index contributed by atoms with van der Waals surface area (Å²) >= 11 is 0. The van der Waals surface area contributed by atoms with Gasteiger partial charge < -0.3 is 9.47 Å². The molecule has 194 valence electrons. The van der Waals surface area contributed by atoms with Crippen LogP contribution in [0.25, 0.3) is 0 Å². The van der Waals surface area contributed by atoms with Gasteiger partial charge in [0.25, 0.3) is 0 Å². The number of carbonyl (C=O) groups excluding carboxylic acids is 2. The Balaban J connectivity index is 2.25. The lowest BCUT2D eigenvalue weighted by molar-refractivity contribution is -0.148. The molecule has 0 radical (unpaired) electrons. The van der Waals surface area contributed by atoms with E-state index >= 15 is 0 Å². The second kappa shape index (κ2) is 15.0. The number of ether oxygens (including phenoxy) is 2. The highest BCUT2D eigenvalue weighted by Crippen LogP contribution is 2.30. The van der Waals surface area contributed by atoms with Crippen molar-refractivity contribution in [3.63, 3.8) is 0 Å². The molecule has 0 aromatic carbocycles. The van der Waals surface area contributed by atoms with E-state index in [0.29, 0.717) is 37.9 Å². The molecule has 0 heterocycles. The van der Waals surface area contributed by atoms with E-state index in [1.54, 1.807) is 0 Å². The van der Waals surface area contributed by atoms with Gasteiger partial charge in [-0.2, -0.15) is 0 Å². The smallest absolute Gasteiger partial charge is 0.307 e. The predicted molar refractivity (Wildman–Crippen MR) is 136 cm³/mol. The third kappa shape index (κ3) is 13.4. The van der Waals surface area contributed by atoms with Crippen LogP contribution in [0.2, 0.25) is 0 Å². The van der Waals surface area contributed by atoms with E-state index in [9.17, 15) is 9.59 Å². The highest BCUT2D eigenvalue weighted by molar-refractivity contribution is 5.69. The van der Waals surface area contributed by atoms with E-state index in [1.807, 2.05) is 0 Å². The quantitative estimate of drug-likeness (QED) is 0.196. The molecule has 0 aromatic rings. The zero-order valence-corrected chi connectivity index (χ0v) is 22.8. The molecule has 5 heteroatoms. The van der Waals surface area contributed by atoms with Gasteiger partial charge in [0.15, 0.2) is 0 Å². The van der Waals surface area contributed by atoms with Gasteiger partial charge in [-0.25, -0.2) is 0 Å². The van der Waals surface area contributed by atoms with Crippen LogP contribution in [0.4, 0.5) is 0 Å². The van der Waals surface area contributed by atoms with Crippen LogP contribution in [0, 0.1) is 17.3 Å². The third-order valence-electron chi connectivity index (χ3n) is 7.34. The Hall–Kier alpha value is -1.10. The van der Waals surface area contributed by atoms with Crippen LogP contribution in [0.5, 0.6) is 0 Å². The number of rotatable bonds is 15. The summed E-state index contributed by atoms with van der Waals surface area (Å²) in [5.41, 5.74) is 0.274. The van der Waals surface area contributed by atoms with E-state index in [1.165, 1.54) is 19.3 Å². The SMILES string of the molecule is CCCCCN(CCC(=O)OCC1CCC(COC(=O)CCC(C)(C)C)CC1)C(C)(C)CC. The molecular weight excluding hydrogens is 414 g/mol. The Morgan fingerprint density at radius 3 is 1.76 bits per heavy atom. The maximum Gasteiger partial charge on any atom is 0.307 e. The second-order valence-corrected chi connectivity index (χ2v) is 11.9. The molecule has 0 bridgehead atoms. The van der Waals surface area contributed by atoms with Crippen molar-refractivity contribution in [1.82, 2.24) is 4.90 Å². The number of carbonyl (C=O) groups is 2. The number of unbranched alkanes of at least 4 members (excludes halogenated alkanes) is 2. The second-order valence-electron chi connectivity index (χ2n) is 11.9. The molecular formula is C28H53NO4. The third-order valence-corrected chi connectivity index (χ3v) is 7.34. The first-order valence-corrected chi connectivity index (χ1v) is 13.5. The van der Waals surface area contributed by atoms with E-state index < -0.39 is 0 Å². The summed E-state index contributed by atoms with van der Waals surface area (Å²) < 4.78 is 11.2. The summed E-state index contributed by atoms with van der Waals surface area (Å²) in [6.45, 7) is 18.3. The first kappa shape index (κ1) is 29.9. The largest absolute Gasteiger partial charge is 0.465 e. The van der Waals surface area contributed by atoms with Crippen molar-refractivity contribution in [3.8, 4) is 0 Å². The van der Waals surface area contributed by atoms with Crippen molar-refractivity contribution in [2.24, 2.45) is 17.3 Å². The Morgan fingerprint density at radius 1 is 0.788 bits per heavy atom. The van der Waals surface area contributed by atoms with Crippen LogP contribution in [-0.2, 0) is 19.1 Å². The van der Waals surface area contributed by atoms with E-state index in [-0.39, 0.29) is 22.9 Å². The summed E-state index contributed by atoms with van der Waals surface area (Å²) in [6.07, 6.45) is 10.7. The standard InChI is InChI=1S/C28H53NO4/c1-8-10-11-19-29(28(6,7)9-2)20-17-26(31)33-22-24-14-12-23(13-15-24)21-32-25(30)16-18-27(3,4)5/h23-24H,8-22H2,1-7H3. The molecule has 1 aliphatic rings. The molecule has 0 amide bonds. The summed E-state index contributed by atoms with van der Waals surface area (Å²) in [5.74, 6) is 0.742. The fraction of sp³-hybridized carbons (Fsp3) is 0.929. The molecule has 1 rings (SSSR count). The van der Waals surface area contributed by atoms with E-state index in [4.69, 9.17) is 9.47 Å². The van der Waals surface area contributed by atoms with Crippen LogP contribution in [0.1, 0.15) is 119 Å². The van der Waals surface area contributed by atoms with Gasteiger partial charge in [-0.1, -0.05) is 47.5 Å². The lowest BCUT2D eigenvalue weighted by atomic mass is 9.83. The Kier molecular flexibility index (Phi) is 13.6. The van der Waals surface area contributed by atoms with Gasteiger partial charge in [0, 0.05) is 18.5 Å². The molecule has 0 unspecified atom stereocenters. The minimum Gasteiger partial charge on any atom is -0.465 e. The normalized spacial score (nSPS) is 19.5. The van der Waals surface area contributed by atoms with Crippen LogP contribution < -0.4 is 0 Å². The molecule has 0 N–H and O–H groups in total. The van der Waals surface area contributed by atoms with Gasteiger partial charge in [0.2, 0.25) is 0 Å². The van der Waals surface area contributed by atoms with E-state index in [2.05, 4.69) is 53.4 Å². The van der Waals surface area contributed by atoms with Crippen molar-refractivity contribution in [2.75, 3.05) is 26.3 Å². The van der Waals surface area contributed by atoms with Gasteiger partial charge in [-0.15, -0.1) is 0 Å². The number of nitrogens with zero attached hydrogens (tertiary/aromatic N) is 1. The fourth-order valence-corrected chi connectivity index (χ4v) is 4.33. The van der Waals surface area contributed by atoms with Gasteiger partial charge in [-0.05, 0) is 82.6 Å². The molecule has 1 aliphatic carbocycles. The van der Waals surface area contributed by atoms with Gasteiger partial charge in [0.1, 0.15) is 0 Å². The first-order valence-electron chi connectivity index (χ1n) is 13.5. The summed E-state index contributed by atoms with van der Waals surface area (Å²) in [6, 6.07) is 0. The van der Waals surface area contributed by atoms with E-state index in [0.717, 1.165) is 51.6 Å². The predicted octanol–water partition coefficient (Wildman–Crippen LogP) is 6.78. The molecule has 0 atom stereocenters. The maximum absolute atomic E-state index is 12.4. The Labute approximate surface area is 204 Å². The molecule has 0 aromatic heterocycles. The first-order chi connectivity index (χ1) is 15.5. The van der Waals surface area contributed by atoms with Crippen LogP contribution >= 0.6 is 0 Å². The molecule has 33 heavy (non-hydrogen) atoms. The zero-order chi connectivity index (χ0) is 24.9. The fourth-order valence-electron chi connectivity index (χ4n) is 4.33. The van der Waals surface area contributed by atoms with Crippen LogP contribution in [0.3, 0.4) is 0 Å². The summed E-state index contributed by atoms with van der Waals surface area (Å²) in [4.78, 5) is 26.8. The lowest BCUT2D eigenvalue weighted by Crippen LogP contribution is -2.45. The van der Waals surface area contributed by atoms with Crippen molar-refractivity contribution in [2.45, 2.75) is 125 Å². The summed E-state index contributed by atoms with van der Waals surface area (Å²) in [5, 5.41) is 0. The average Bonchev–Trinajstić information content (AvgIpc) is 2.77. The highest BCUT2D eigenvalue weighted by atomic mass is 16.5. The van der Waals surface area contributed by atoms with Crippen LogP contribution in [0.15, 0.2) is 0 Å². The molecule has 0 spiro atoms.